The van der Waals surface area contributed by atoms with Crippen LogP contribution in [0.1, 0.15) is 21.9 Å². The van der Waals surface area contributed by atoms with Crippen molar-refractivity contribution in [2.24, 2.45) is 4.99 Å². The highest BCUT2D eigenvalue weighted by molar-refractivity contribution is 7.98. The number of rotatable bonds is 11. The molecule has 10 heteroatoms. The Hall–Kier alpha value is -2.85. The summed E-state index contributed by atoms with van der Waals surface area (Å²) in [5.41, 5.74) is 1.05. The second-order valence-electron chi connectivity index (χ2n) is 6.78. The fourth-order valence-electron chi connectivity index (χ4n) is 2.60. The molecule has 0 fully saturated rings. The Morgan fingerprint density at radius 2 is 2.03 bits per heavy atom. The van der Waals surface area contributed by atoms with Gasteiger partial charge in [0, 0.05) is 35.5 Å². The minimum atomic E-state index is -0.463. The van der Waals surface area contributed by atoms with Crippen LogP contribution in [-0.2, 0) is 12.3 Å². The number of carbonyl (C=O) groups is 1. The SMILES string of the molecule is CN=C(C[N+](=O)[O-])Nc1cccc(C(=O)NCCSCc2ccc(CN(C)C)o2)c1. The van der Waals surface area contributed by atoms with Gasteiger partial charge in [-0.3, -0.25) is 19.9 Å². The van der Waals surface area contributed by atoms with Crippen molar-refractivity contribution in [1.29, 1.82) is 0 Å². The summed E-state index contributed by atoms with van der Waals surface area (Å²) in [6.45, 7) is 0.887. The van der Waals surface area contributed by atoms with Gasteiger partial charge < -0.3 is 20.0 Å². The molecule has 1 heterocycles. The first-order chi connectivity index (χ1) is 14.4. The molecule has 2 rings (SSSR count). The number of amidine groups is 1. The van der Waals surface area contributed by atoms with E-state index in [-0.39, 0.29) is 11.7 Å². The maximum Gasteiger partial charge on any atom is 0.260 e. The smallest absolute Gasteiger partial charge is 0.260 e. The monoisotopic (exact) mass is 433 g/mol. The van der Waals surface area contributed by atoms with E-state index < -0.39 is 11.5 Å². The van der Waals surface area contributed by atoms with E-state index in [1.54, 1.807) is 36.0 Å². The lowest BCUT2D eigenvalue weighted by Gasteiger charge is -2.09. The van der Waals surface area contributed by atoms with Gasteiger partial charge in [0.05, 0.1) is 12.3 Å². The average molecular weight is 434 g/mol. The normalized spacial score (nSPS) is 11.5. The van der Waals surface area contributed by atoms with Gasteiger partial charge >= 0.3 is 0 Å². The minimum absolute atomic E-state index is 0.199. The lowest BCUT2D eigenvalue weighted by atomic mass is 10.2. The number of benzene rings is 1. The van der Waals surface area contributed by atoms with E-state index in [1.807, 2.05) is 31.1 Å². The number of nitrogens with zero attached hydrogens (tertiary/aromatic N) is 3. The lowest BCUT2D eigenvalue weighted by Crippen LogP contribution is -2.26. The van der Waals surface area contributed by atoms with Crippen molar-refractivity contribution < 1.29 is 14.1 Å². The fourth-order valence-corrected chi connectivity index (χ4v) is 3.35. The highest BCUT2D eigenvalue weighted by Crippen LogP contribution is 2.16. The minimum Gasteiger partial charge on any atom is -0.464 e. The van der Waals surface area contributed by atoms with Crippen molar-refractivity contribution in [3.05, 3.63) is 63.6 Å². The van der Waals surface area contributed by atoms with Crippen molar-refractivity contribution in [3.8, 4) is 0 Å². The molecule has 1 amide bonds. The first-order valence-electron chi connectivity index (χ1n) is 9.40. The van der Waals surface area contributed by atoms with Crippen LogP contribution in [0.3, 0.4) is 0 Å². The number of hydrogen-bond donors (Lipinski definition) is 2. The van der Waals surface area contributed by atoms with Gasteiger partial charge in [-0.25, -0.2) is 0 Å². The van der Waals surface area contributed by atoms with Gasteiger partial charge in [-0.05, 0) is 44.4 Å². The van der Waals surface area contributed by atoms with Crippen LogP contribution in [-0.4, -0.2) is 61.6 Å². The predicted octanol–water partition coefficient (Wildman–Crippen LogP) is 2.72. The zero-order chi connectivity index (χ0) is 21.9. The maximum absolute atomic E-state index is 12.4. The summed E-state index contributed by atoms with van der Waals surface area (Å²) in [5, 5.41) is 16.4. The van der Waals surface area contributed by atoms with Crippen molar-refractivity contribution in [2.45, 2.75) is 12.3 Å². The molecule has 0 unspecified atom stereocenters. The molecule has 0 aliphatic rings. The molecule has 0 saturated carbocycles. The molecule has 1 aromatic heterocycles. The van der Waals surface area contributed by atoms with Crippen molar-refractivity contribution in [3.63, 3.8) is 0 Å². The molecule has 0 aliphatic heterocycles. The summed E-state index contributed by atoms with van der Waals surface area (Å²) >= 11 is 1.68. The standard InChI is InChI=1S/C20H27N5O4S/c1-21-19(13-25(27)28)23-16-6-4-5-15(11-16)20(26)22-9-10-30-14-18-8-7-17(29-18)12-24(2)3/h4-8,11H,9-10,12-14H2,1-3H3,(H,21,23)(H,22,26). The zero-order valence-corrected chi connectivity index (χ0v) is 18.2. The summed E-state index contributed by atoms with van der Waals surface area (Å²) in [7, 11) is 5.47. The van der Waals surface area contributed by atoms with E-state index in [9.17, 15) is 14.9 Å². The molecular weight excluding hydrogens is 406 g/mol. The molecule has 162 valence electrons. The molecule has 0 spiro atoms. The van der Waals surface area contributed by atoms with Crippen LogP contribution in [0.25, 0.3) is 0 Å². The highest BCUT2D eigenvalue weighted by Gasteiger charge is 2.10. The number of nitrogens with one attached hydrogen (secondary N) is 2. The summed E-state index contributed by atoms with van der Waals surface area (Å²) in [6.07, 6.45) is 0. The largest absolute Gasteiger partial charge is 0.464 e. The van der Waals surface area contributed by atoms with Crippen molar-refractivity contribution in [1.82, 2.24) is 10.2 Å². The van der Waals surface area contributed by atoms with Crippen LogP contribution in [0, 0.1) is 10.1 Å². The van der Waals surface area contributed by atoms with Crippen LogP contribution in [0.2, 0.25) is 0 Å². The van der Waals surface area contributed by atoms with Gasteiger partial charge in [-0.15, -0.1) is 0 Å². The average Bonchev–Trinajstić information content (AvgIpc) is 3.13. The first-order valence-corrected chi connectivity index (χ1v) is 10.6. The number of hydrogen-bond acceptors (Lipinski definition) is 7. The number of amides is 1. The summed E-state index contributed by atoms with van der Waals surface area (Å²) in [6, 6.07) is 10.7. The molecule has 0 aliphatic carbocycles. The molecular formula is C20H27N5O4S. The van der Waals surface area contributed by atoms with E-state index in [4.69, 9.17) is 4.42 Å². The second kappa shape index (κ2) is 12.0. The zero-order valence-electron chi connectivity index (χ0n) is 17.4. The van der Waals surface area contributed by atoms with Crippen LogP contribution in [0.4, 0.5) is 5.69 Å². The number of anilines is 1. The highest BCUT2D eigenvalue weighted by atomic mass is 32.2. The molecule has 0 radical (unpaired) electrons. The Bertz CT molecular complexity index is 882. The molecule has 0 atom stereocenters. The second-order valence-corrected chi connectivity index (χ2v) is 7.89. The Morgan fingerprint density at radius 3 is 2.73 bits per heavy atom. The van der Waals surface area contributed by atoms with Crippen LogP contribution < -0.4 is 10.6 Å². The van der Waals surface area contributed by atoms with E-state index in [2.05, 4.69) is 15.6 Å². The molecule has 9 nitrogen and oxygen atoms in total. The molecule has 0 saturated heterocycles. The van der Waals surface area contributed by atoms with Crippen molar-refractivity contribution >= 4 is 29.2 Å². The van der Waals surface area contributed by atoms with E-state index in [0.717, 1.165) is 29.6 Å². The van der Waals surface area contributed by atoms with Crippen molar-refractivity contribution in [2.75, 3.05) is 45.3 Å². The number of aliphatic imine (C=N–C) groups is 1. The maximum atomic E-state index is 12.4. The summed E-state index contributed by atoms with van der Waals surface area (Å²) in [4.78, 5) is 28.5. The van der Waals surface area contributed by atoms with Gasteiger partial charge in [0.1, 0.15) is 11.5 Å². The van der Waals surface area contributed by atoms with E-state index in [1.165, 1.54) is 7.05 Å². The Morgan fingerprint density at radius 1 is 1.27 bits per heavy atom. The van der Waals surface area contributed by atoms with Gasteiger partial charge in [0.25, 0.3) is 12.5 Å². The topological polar surface area (TPSA) is 113 Å². The Kier molecular flexibility index (Phi) is 9.36. The van der Waals surface area contributed by atoms with Gasteiger partial charge in [0.2, 0.25) is 0 Å². The fraction of sp³-hybridized carbons (Fsp3) is 0.400. The number of thioether (sulfide) groups is 1. The molecule has 0 bridgehead atoms. The Balaban J connectivity index is 1.75. The third-order valence-electron chi connectivity index (χ3n) is 3.93. The van der Waals surface area contributed by atoms with Gasteiger partial charge in [-0.1, -0.05) is 6.07 Å². The number of carbonyl (C=O) groups excluding carboxylic acids is 1. The lowest BCUT2D eigenvalue weighted by molar-refractivity contribution is -0.463. The third kappa shape index (κ3) is 8.26. The number of furan rings is 1. The first kappa shape index (κ1) is 23.4. The molecule has 2 N–H and O–H groups in total. The Labute approximate surface area is 180 Å². The van der Waals surface area contributed by atoms with Crippen LogP contribution in [0.5, 0.6) is 0 Å². The van der Waals surface area contributed by atoms with Gasteiger partial charge in [-0.2, -0.15) is 11.8 Å². The summed E-state index contributed by atoms with van der Waals surface area (Å²) in [5.74, 6) is 3.38. The van der Waals surface area contributed by atoms with Crippen LogP contribution >= 0.6 is 11.8 Å². The van der Waals surface area contributed by atoms with Crippen LogP contribution in [0.15, 0.2) is 45.8 Å². The third-order valence-corrected chi connectivity index (χ3v) is 4.91. The molecule has 30 heavy (non-hydrogen) atoms. The van der Waals surface area contributed by atoms with E-state index >= 15 is 0 Å². The number of nitro groups is 1. The van der Waals surface area contributed by atoms with Gasteiger partial charge in [0.15, 0.2) is 5.84 Å². The van der Waals surface area contributed by atoms with E-state index in [0.29, 0.717) is 17.8 Å². The quantitative estimate of drug-likeness (QED) is 0.184. The summed E-state index contributed by atoms with van der Waals surface area (Å²) < 4.78 is 5.76. The predicted molar refractivity (Wildman–Crippen MR) is 120 cm³/mol. The molecule has 2 aromatic rings. The molecule has 1 aromatic carbocycles.